The van der Waals surface area contributed by atoms with Crippen molar-refractivity contribution in [3.8, 4) is 22.4 Å². The van der Waals surface area contributed by atoms with Crippen molar-refractivity contribution in [1.82, 2.24) is 14.8 Å². The molecule has 2 aromatic heterocycles. The normalized spacial score (nSPS) is 10.8. The van der Waals surface area contributed by atoms with E-state index >= 15 is 0 Å². The first-order valence-electron chi connectivity index (χ1n) is 9.44. The minimum atomic E-state index is -0.569. The van der Waals surface area contributed by atoms with Crippen molar-refractivity contribution >= 4 is 22.9 Å². The molecule has 2 aromatic carbocycles. The van der Waals surface area contributed by atoms with Gasteiger partial charge in [-0.3, -0.25) is 4.79 Å². The van der Waals surface area contributed by atoms with Gasteiger partial charge in [-0.05, 0) is 47.8 Å². The largest absolute Gasteiger partial charge is 0.460 e. The highest BCUT2D eigenvalue weighted by Gasteiger charge is 2.16. The molecule has 0 saturated heterocycles. The van der Waals surface area contributed by atoms with E-state index in [9.17, 15) is 9.18 Å². The molecule has 0 aliphatic heterocycles. The first kappa shape index (κ1) is 20.7. The lowest BCUT2D eigenvalue weighted by Crippen LogP contribution is -2.13. The lowest BCUT2D eigenvalue weighted by molar-refractivity contribution is 0.102. The van der Waals surface area contributed by atoms with Crippen LogP contribution in [0.25, 0.3) is 16.4 Å². The summed E-state index contributed by atoms with van der Waals surface area (Å²) in [5, 5.41) is 9.11. The fourth-order valence-electron chi connectivity index (χ4n) is 2.85. The highest BCUT2D eigenvalue weighted by molar-refractivity contribution is 7.13. The van der Waals surface area contributed by atoms with Gasteiger partial charge < -0.3 is 14.8 Å². The van der Waals surface area contributed by atoms with E-state index in [1.807, 2.05) is 17.5 Å². The number of rotatable bonds is 8. The number of halogens is 1. The third-order valence-electron chi connectivity index (χ3n) is 4.34. The molecular formula is C22H19FN4O3S. The Balaban J connectivity index is 1.57. The van der Waals surface area contributed by atoms with E-state index in [2.05, 4.69) is 15.4 Å². The number of carbonyl (C=O) groups excluding carboxylic acids is 1. The van der Waals surface area contributed by atoms with Crippen LogP contribution in [-0.2, 0) is 4.74 Å². The van der Waals surface area contributed by atoms with E-state index in [-0.39, 0.29) is 11.6 Å². The van der Waals surface area contributed by atoms with Gasteiger partial charge in [-0.2, -0.15) is 4.98 Å². The summed E-state index contributed by atoms with van der Waals surface area (Å²) in [5.74, 6) is -0.439. The molecular weight excluding hydrogens is 419 g/mol. The number of aromatic nitrogens is 3. The Morgan fingerprint density at radius 3 is 2.61 bits per heavy atom. The van der Waals surface area contributed by atoms with Gasteiger partial charge >= 0.3 is 6.01 Å². The summed E-state index contributed by atoms with van der Waals surface area (Å²) in [4.78, 5) is 17.8. The van der Waals surface area contributed by atoms with Crippen LogP contribution in [0.1, 0.15) is 10.4 Å². The second-order valence-electron chi connectivity index (χ2n) is 6.43. The third-order valence-corrected chi connectivity index (χ3v) is 5.20. The smallest absolute Gasteiger partial charge is 0.336 e. The Morgan fingerprint density at radius 1 is 1.10 bits per heavy atom. The molecule has 4 aromatic rings. The molecule has 0 fully saturated rings. The number of amides is 1. The highest BCUT2D eigenvalue weighted by atomic mass is 32.1. The molecule has 9 heteroatoms. The number of anilines is 1. The van der Waals surface area contributed by atoms with E-state index in [1.165, 1.54) is 18.2 Å². The summed E-state index contributed by atoms with van der Waals surface area (Å²) in [6.45, 7) is 0.769. The lowest BCUT2D eigenvalue weighted by atomic mass is 10.2. The van der Waals surface area contributed by atoms with Crippen LogP contribution in [0, 0.1) is 5.82 Å². The summed E-state index contributed by atoms with van der Waals surface area (Å²) in [6.07, 6.45) is 0. The summed E-state index contributed by atoms with van der Waals surface area (Å²) >= 11 is 1.54. The van der Waals surface area contributed by atoms with Gasteiger partial charge in [-0.15, -0.1) is 16.4 Å². The SMILES string of the molecule is COCCOc1nc(-c2cccs2)n(-c2ccc(NC(=O)c3ccccc3F)cc2)n1. The molecule has 31 heavy (non-hydrogen) atoms. The average Bonchev–Trinajstić information content (AvgIpc) is 3.45. The zero-order valence-corrected chi connectivity index (χ0v) is 17.4. The second-order valence-corrected chi connectivity index (χ2v) is 7.38. The lowest BCUT2D eigenvalue weighted by Gasteiger charge is -2.08. The van der Waals surface area contributed by atoms with Crippen LogP contribution < -0.4 is 10.1 Å². The van der Waals surface area contributed by atoms with Crippen molar-refractivity contribution in [3.63, 3.8) is 0 Å². The predicted molar refractivity (Wildman–Crippen MR) is 116 cm³/mol. The molecule has 0 unspecified atom stereocenters. The van der Waals surface area contributed by atoms with Crippen LogP contribution in [0.3, 0.4) is 0 Å². The van der Waals surface area contributed by atoms with Crippen LogP contribution in [0.5, 0.6) is 6.01 Å². The zero-order chi connectivity index (χ0) is 21.6. The molecule has 1 amide bonds. The summed E-state index contributed by atoms with van der Waals surface area (Å²) < 4.78 is 26.1. The molecule has 158 valence electrons. The molecule has 0 saturated carbocycles. The maximum absolute atomic E-state index is 13.8. The molecule has 7 nitrogen and oxygen atoms in total. The maximum Gasteiger partial charge on any atom is 0.336 e. The molecule has 0 atom stereocenters. The number of ether oxygens (including phenoxy) is 2. The van der Waals surface area contributed by atoms with Gasteiger partial charge in [-0.25, -0.2) is 9.07 Å². The molecule has 0 radical (unpaired) electrons. The quantitative estimate of drug-likeness (QED) is 0.412. The first-order valence-corrected chi connectivity index (χ1v) is 10.3. The van der Waals surface area contributed by atoms with Crippen molar-refractivity contribution in [2.24, 2.45) is 0 Å². The molecule has 0 bridgehead atoms. The first-order chi connectivity index (χ1) is 15.2. The Kier molecular flexibility index (Phi) is 6.34. The molecule has 4 rings (SSSR count). The topological polar surface area (TPSA) is 78.3 Å². The van der Waals surface area contributed by atoms with Crippen molar-refractivity contribution in [2.45, 2.75) is 0 Å². The van der Waals surface area contributed by atoms with E-state index in [0.717, 1.165) is 10.6 Å². The van der Waals surface area contributed by atoms with Gasteiger partial charge in [0.05, 0.1) is 22.7 Å². The van der Waals surface area contributed by atoms with Gasteiger partial charge in [0, 0.05) is 12.8 Å². The zero-order valence-electron chi connectivity index (χ0n) is 16.6. The Hall–Kier alpha value is -3.56. The van der Waals surface area contributed by atoms with Crippen LogP contribution >= 0.6 is 11.3 Å². The number of methoxy groups -OCH3 is 1. The van der Waals surface area contributed by atoms with Crippen molar-refractivity contribution in [3.05, 3.63) is 77.4 Å². The number of carbonyl (C=O) groups is 1. The van der Waals surface area contributed by atoms with Gasteiger partial charge in [0.2, 0.25) is 0 Å². The van der Waals surface area contributed by atoms with E-state index in [1.54, 1.807) is 53.5 Å². The van der Waals surface area contributed by atoms with Gasteiger partial charge in [0.1, 0.15) is 12.4 Å². The van der Waals surface area contributed by atoms with Crippen LogP contribution in [-0.4, -0.2) is 41.0 Å². The number of nitrogens with zero attached hydrogens (tertiary/aromatic N) is 3. The molecule has 0 aliphatic carbocycles. The maximum atomic E-state index is 13.8. The van der Waals surface area contributed by atoms with Crippen LogP contribution in [0.4, 0.5) is 10.1 Å². The number of hydrogen-bond donors (Lipinski definition) is 1. The van der Waals surface area contributed by atoms with Crippen molar-refractivity contribution < 1.29 is 18.7 Å². The number of hydrogen-bond acceptors (Lipinski definition) is 6. The molecule has 1 N–H and O–H groups in total. The fourth-order valence-corrected chi connectivity index (χ4v) is 3.54. The minimum absolute atomic E-state index is 0.0133. The standard InChI is InChI=1S/C22H19FN4O3S/c1-29-12-13-30-22-25-20(19-7-4-14-31-19)27(26-22)16-10-8-15(9-11-16)24-21(28)17-5-2-3-6-18(17)23/h2-11,14H,12-13H2,1H3,(H,24,28). The van der Waals surface area contributed by atoms with Crippen LogP contribution in [0.2, 0.25) is 0 Å². The average molecular weight is 438 g/mol. The summed E-state index contributed by atoms with van der Waals surface area (Å²) in [7, 11) is 1.60. The van der Waals surface area contributed by atoms with E-state index in [4.69, 9.17) is 9.47 Å². The van der Waals surface area contributed by atoms with Gasteiger partial charge in [-0.1, -0.05) is 18.2 Å². The van der Waals surface area contributed by atoms with E-state index < -0.39 is 11.7 Å². The highest BCUT2D eigenvalue weighted by Crippen LogP contribution is 2.28. The number of nitrogens with one attached hydrogen (secondary N) is 1. The van der Waals surface area contributed by atoms with Gasteiger partial charge in [0.15, 0.2) is 5.82 Å². The second kappa shape index (κ2) is 9.50. The van der Waals surface area contributed by atoms with E-state index in [0.29, 0.717) is 24.7 Å². The monoisotopic (exact) mass is 438 g/mol. The van der Waals surface area contributed by atoms with Crippen molar-refractivity contribution in [1.29, 1.82) is 0 Å². The van der Waals surface area contributed by atoms with Gasteiger partial charge in [0.25, 0.3) is 5.91 Å². The van der Waals surface area contributed by atoms with Crippen LogP contribution in [0.15, 0.2) is 66.0 Å². The number of thiophene rings is 1. The molecule has 2 heterocycles. The fraction of sp³-hybridized carbons (Fsp3) is 0.136. The molecule has 0 aliphatic rings. The number of benzene rings is 2. The Labute approximate surface area is 182 Å². The summed E-state index contributed by atoms with van der Waals surface area (Å²) in [6, 6.07) is 17.0. The third kappa shape index (κ3) is 4.79. The summed E-state index contributed by atoms with van der Waals surface area (Å²) in [5.41, 5.74) is 1.26. The Morgan fingerprint density at radius 2 is 1.90 bits per heavy atom. The predicted octanol–water partition coefficient (Wildman–Crippen LogP) is 4.41. The Bertz CT molecular complexity index is 1160. The van der Waals surface area contributed by atoms with Crippen molar-refractivity contribution in [2.75, 3.05) is 25.6 Å². The molecule has 0 spiro atoms. The minimum Gasteiger partial charge on any atom is -0.460 e.